The van der Waals surface area contributed by atoms with Crippen molar-refractivity contribution in [1.82, 2.24) is 19.7 Å². The van der Waals surface area contributed by atoms with Crippen molar-refractivity contribution in [3.63, 3.8) is 0 Å². The van der Waals surface area contributed by atoms with Crippen LogP contribution in [-0.2, 0) is 11.7 Å². The third-order valence-corrected chi connectivity index (χ3v) is 8.23. The number of benzene rings is 3. The van der Waals surface area contributed by atoms with Gasteiger partial charge in [-0.3, -0.25) is 9.97 Å². The standard InChI is InChI=1S/C35H21F3N4/c36-35(37,38)33-19-32-28-7-1-2-8-29(28)34(42(32)41-33)30-17-24(26-5-3-15-39-20-26)13-11-22(30)9-10-23-12-14-25(18-31(23)34)27-6-4-16-40-21-27/h1-21H. The fourth-order valence-corrected chi connectivity index (χ4v) is 6.40. The predicted octanol–water partition coefficient (Wildman–Crippen LogP) is 8.33. The minimum absolute atomic E-state index is 0.426. The molecule has 7 heteroatoms. The molecule has 0 saturated carbocycles. The number of halogens is 3. The summed E-state index contributed by atoms with van der Waals surface area (Å²) in [5.74, 6) is 0. The second kappa shape index (κ2) is 8.85. The van der Waals surface area contributed by atoms with Crippen molar-refractivity contribution >= 4 is 12.2 Å². The van der Waals surface area contributed by atoms with Gasteiger partial charge >= 0.3 is 6.18 Å². The molecule has 1 aliphatic carbocycles. The first kappa shape index (κ1) is 24.5. The Morgan fingerprint density at radius 3 is 1.74 bits per heavy atom. The van der Waals surface area contributed by atoms with Crippen molar-refractivity contribution in [3.05, 3.63) is 149 Å². The van der Waals surface area contributed by atoms with Crippen molar-refractivity contribution in [3.8, 4) is 33.5 Å². The van der Waals surface area contributed by atoms with Crippen LogP contribution in [0.1, 0.15) is 33.5 Å². The number of pyridine rings is 2. The average Bonchev–Trinajstić information content (AvgIpc) is 3.54. The van der Waals surface area contributed by atoms with Crippen LogP contribution in [0.15, 0.2) is 116 Å². The molecule has 202 valence electrons. The van der Waals surface area contributed by atoms with E-state index in [0.717, 1.165) is 55.6 Å². The van der Waals surface area contributed by atoms with Gasteiger partial charge in [-0.2, -0.15) is 18.3 Å². The van der Waals surface area contributed by atoms with E-state index < -0.39 is 17.4 Å². The van der Waals surface area contributed by atoms with Crippen LogP contribution >= 0.6 is 0 Å². The Morgan fingerprint density at radius 2 is 1.19 bits per heavy atom. The van der Waals surface area contributed by atoms with Crippen molar-refractivity contribution in [2.45, 2.75) is 11.7 Å². The summed E-state index contributed by atoms with van der Waals surface area (Å²) in [6, 6.07) is 28.8. The van der Waals surface area contributed by atoms with Gasteiger partial charge in [0.15, 0.2) is 5.69 Å². The molecule has 0 bridgehead atoms. The maximum absolute atomic E-state index is 14.2. The van der Waals surface area contributed by atoms with Gasteiger partial charge in [0.2, 0.25) is 0 Å². The average molecular weight is 555 g/mol. The highest BCUT2D eigenvalue weighted by Crippen LogP contribution is 2.55. The van der Waals surface area contributed by atoms with Gasteiger partial charge in [-0.15, -0.1) is 0 Å². The second-order valence-corrected chi connectivity index (χ2v) is 10.5. The van der Waals surface area contributed by atoms with Gasteiger partial charge in [-0.05, 0) is 80.4 Å². The Hall–Kier alpha value is -5.30. The van der Waals surface area contributed by atoms with Gasteiger partial charge in [-0.25, -0.2) is 4.68 Å². The number of hydrogen-bond donors (Lipinski definition) is 0. The van der Waals surface area contributed by atoms with Gasteiger partial charge in [0, 0.05) is 30.4 Å². The third-order valence-electron chi connectivity index (χ3n) is 8.23. The molecular formula is C35H21F3N4. The molecule has 1 aliphatic heterocycles. The van der Waals surface area contributed by atoms with Crippen LogP contribution in [0.5, 0.6) is 0 Å². The van der Waals surface area contributed by atoms with Crippen molar-refractivity contribution in [1.29, 1.82) is 0 Å². The van der Waals surface area contributed by atoms with Crippen molar-refractivity contribution in [2.24, 2.45) is 0 Å². The highest BCUT2D eigenvalue weighted by molar-refractivity contribution is 5.87. The van der Waals surface area contributed by atoms with E-state index >= 15 is 0 Å². The molecule has 42 heavy (non-hydrogen) atoms. The molecule has 6 aromatic rings. The van der Waals surface area contributed by atoms with E-state index in [0.29, 0.717) is 5.69 Å². The van der Waals surface area contributed by atoms with Gasteiger partial charge in [-0.1, -0.05) is 72.8 Å². The van der Waals surface area contributed by atoms with Gasteiger partial charge < -0.3 is 0 Å². The summed E-state index contributed by atoms with van der Waals surface area (Å²) in [6.07, 6.45) is 6.49. The smallest absolute Gasteiger partial charge is 0.264 e. The van der Waals surface area contributed by atoms with Crippen LogP contribution in [0, 0.1) is 0 Å². The number of fused-ring (bicyclic) bond motifs is 9. The number of rotatable bonds is 2. The molecule has 0 radical (unpaired) electrons. The normalized spacial score (nSPS) is 14.2. The molecule has 0 unspecified atom stereocenters. The zero-order chi connectivity index (χ0) is 28.5. The third kappa shape index (κ3) is 3.46. The Kier molecular flexibility index (Phi) is 5.16. The molecule has 1 spiro atoms. The van der Waals surface area contributed by atoms with Gasteiger partial charge in [0.25, 0.3) is 0 Å². The lowest BCUT2D eigenvalue weighted by atomic mass is 9.74. The largest absolute Gasteiger partial charge is 0.435 e. The fourth-order valence-electron chi connectivity index (χ4n) is 6.40. The second-order valence-electron chi connectivity index (χ2n) is 10.5. The first-order valence-electron chi connectivity index (χ1n) is 13.5. The summed E-state index contributed by atoms with van der Waals surface area (Å²) in [5.41, 5.74) is 7.04. The zero-order valence-electron chi connectivity index (χ0n) is 22.0. The molecule has 4 nitrogen and oxygen atoms in total. The lowest BCUT2D eigenvalue weighted by molar-refractivity contribution is -0.141. The first-order chi connectivity index (χ1) is 20.4. The molecule has 2 aliphatic rings. The lowest BCUT2D eigenvalue weighted by Gasteiger charge is -2.35. The predicted molar refractivity (Wildman–Crippen MR) is 156 cm³/mol. The fraction of sp³-hybridized carbons (Fsp3) is 0.0571. The number of nitrogens with zero attached hydrogens (tertiary/aromatic N) is 4. The Bertz CT molecular complexity index is 1930. The van der Waals surface area contributed by atoms with E-state index in [-0.39, 0.29) is 0 Å². The van der Waals surface area contributed by atoms with E-state index in [1.54, 1.807) is 29.5 Å². The summed E-state index contributed by atoms with van der Waals surface area (Å²) in [5, 5.41) is 4.34. The van der Waals surface area contributed by atoms with Crippen LogP contribution in [-0.4, -0.2) is 19.7 Å². The molecule has 0 saturated heterocycles. The van der Waals surface area contributed by atoms with Crippen LogP contribution in [0.2, 0.25) is 0 Å². The summed E-state index contributed by atoms with van der Waals surface area (Å²) in [6.45, 7) is 0. The zero-order valence-corrected chi connectivity index (χ0v) is 22.0. The van der Waals surface area contributed by atoms with E-state index in [9.17, 15) is 13.2 Å². The maximum atomic E-state index is 14.2. The number of alkyl halides is 3. The Morgan fingerprint density at radius 1 is 0.595 bits per heavy atom. The maximum Gasteiger partial charge on any atom is 0.435 e. The monoisotopic (exact) mass is 554 g/mol. The molecular weight excluding hydrogens is 533 g/mol. The summed E-state index contributed by atoms with van der Waals surface area (Å²) < 4.78 is 44.2. The molecule has 0 atom stereocenters. The first-order valence-corrected chi connectivity index (χ1v) is 13.5. The lowest BCUT2D eigenvalue weighted by Crippen LogP contribution is -2.37. The van der Waals surface area contributed by atoms with Crippen LogP contribution < -0.4 is 0 Å². The van der Waals surface area contributed by atoms with Crippen LogP contribution in [0.3, 0.4) is 0 Å². The molecule has 0 fully saturated rings. The van der Waals surface area contributed by atoms with E-state index in [2.05, 4.69) is 27.2 Å². The molecule has 8 rings (SSSR count). The summed E-state index contributed by atoms with van der Waals surface area (Å²) in [4.78, 5) is 8.60. The number of hydrogen-bond acceptors (Lipinski definition) is 3. The minimum Gasteiger partial charge on any atom is -0.264 e. The summed E-state index contributed by atoms with van der Waals surface area (Å²) in [7, 11) is 0. The van der Waals surface area contributed by atoms with E-state index in [1.807, 2.05) is 84.9 Å². The Labute approximate surface area is 239 Å². The minimum atomic E-state index is -4.60. The molecule has 0 N–H and O–H groups in total. The van der Waals surface area contributed by atoms with Gasteiger partial charge in [0.05, 0.1) is 5.69 Å². The quantitative estimate of drug-likeness (QED) is 0.216. The highest BCUT2D eigenvalue weighted by Gasteiger charge is 2.51. The van der Waals surface area contributed by atoms with E-state index in [4.69, 9.17) is 0 Å². The topological polar surface area (TPSA) is 43.6 Å². The van der Waals surface area contributed by atoms with Crippen molar-refractivity contribution in [2.75, 3.05) is 0 Å². The summed E-state index contributed by atoms with van der Waals surface area (Å²) >= 11 is 0. The van der Waals surface area contributed by atoms with Crippen molar-refractivity contribution < 1.29 is 13.2 Å². The highest BCUT2D eigenvalue weighted by atomic mass is 19.4. The SMILES string of the molecule is FC(F)(F)c1cc2n(n1)C1(c3cc(-c4cccnc4)ccc3C=Cc3ccc(-c4cccnc4)cc31)c1ccccc1-2. The van der Waals surface area contributed by atoms with Crippen LogP contribution in [0.25, 0.3) is 45.7 Å². The molecule has 3 aromatic carbocycles. The number of aromatic nitrogens is 4. The Balaban J connectivity index is 1.53. The molecule has 3 aromatic heterocycles. The van der Waals surface area contributed by atoms with Crippen LogP contribution in [0.4, 0.5) is 13.2 Å². The molecule has 4 heterocycles. The van der Waals surface area contributed by atoms with Gasteiger partial charge in [0.1, 0.15) is 5.54 Å². The van der Waals surface area contributed by atoms with E-state index in [1.165, 1.54) is 6.07 Å². The molecule has 0 amide bonds.